The van der Waals surface area contributed by atoms with Crippen LogP contribution >= 0.6 is 0 Å². The molecule has 2 rings (SSSR count). The molecule has 0 unspecified atom stereocenters. The summed E-state index contributed by atoms with van der Waals surface area (Å²) >= 11 is 0. The van der Waals surface area contributed by atoms with Crippen LogP contribution in [0.5, 0.6) is 0 Å². The Morgan fingerprint density at radius 3 is 2.42 bits per heavy atom. The van der Waals surface area contributed by atoms with Crippen LogP contribution < -0.4 is 0 Å². The zero-order valence-electron chi connectivity index (χ0n) is 10.9. The highest BCUT2D eigenvalue weighted by molar-refractivity contribution is 7.90. The monoisotopic (exact) mass is 281 g/mol. The van der Waals surface area contributed by atoms with Gasteiger partial charge in [0.25, 0.3) is 0 Å². The Hall–Kier alpha value is -1.82. The molecule has 0 saturated carbocycles. The first kappa shape index (κ1) is 13.6. The Morgan fingerprint density at radius 1 is 1.32 bits per heavy atom. The number of carboxylic acid groups (broad SMARTS) is 1. The molecule has 0 saturated heterocycles. The summed E-state index contributed by atoms with van der Waals surface area (Å²) in [6, 6.07) is 4.56. The Labute approximate surface area is 111 Å². The van der Waals surface area contributed by atoms with Crippen LogP contribution in [-0.2, 0) is 9.84 Å². The lowest BCUT2D eigenvalue weighted by Gasteiger charge is -2.09. The number of nitrogens with zero attached hydrogens (tertiary/aromatic N) is 1. The van der Waals surface area contributed by atoms with Crippen molar-refractivity contribution in [3.05, 3.63) is 30.0 Å². The maximum atomic E-state index is 11.6. The van der Waals surface area contributed by atoms with E-state index in [-0.39, 0.29) is 16.5 Å². The van der Waals surface area contributed by atoms with Crippen molar-refractivity contribution in [3.8, 4) is 0 Å². The van der Waals surface area contributed by atoms with Crippen LogP contribution in [0.25, 0.3) is 10.9 Å². The standard InChI is InChI=1S/C13H15NO4S/c1-8(2)14-7-11(13(15)16)10-5-4-9(6-12(10)14)19(3,17)18/h4-8H,1-3H3,(H,15,16). The quantitative estimate of drug-likeness (QED) is 0.936. The summed E-state index contributed by atoms with van der Waals surface area (Å²) in [5.74, 6) is -1.02. The van der Waals surface area contributed by atoms with Crippen molar-refractivity contribution in [2.24, 2.45) is 0 Å². The number of sulfone groups is 1. The van der Waals surface area contributed by atoms with Gasteiger partial charge >= 0.3 is 5.97 Å². The molecule has 1 aromatic heterocycles. The third-order valence-electron chi connectivity index (χ3n) is 3.02. The van der Waals surface area contributed by atoms with E-state index in [1.54, 1.807) is 16.8 Å². The Balaban J connectivity index is 2.84. The molecule has 0 amide bonds. The minimum Gasteiger partial charge on any atom is -0.478 e. The minimum absolute atomic E-state index is 0.0467. The Kier molecular flexibility index (Phi) is 3.14. The van der Waals surface area contributed by atoms with Crippen molar-refractivity contribution in [1.29, 1.82) is 0 Å². The fourth-order valence-corrected chi connectivity index (χ4v) is 2.70. The maximum Gasteiger partial charge on any atom is 0.337 e. The van der Waals surface area contributed by atoms with Crippen molar-refractivity contribution < 1.29 is 18.3 Å². The first-order valence-corrected chi connectivity index (χ1v) is 7.69. The average molecular weight is 281 g/mol. The molecule has 0 atom stereocenters. The van der Waals surface area contributed by atoms with E-state index in [2.05, 4.69) is 0 Å². The summed E-state index contributed by atoms with van der Waals surface area (Å²) in [5, 5.41) is 9.73. The Bertz CT molecular complexity index is 756. The van der Waals surface area contributed by atoms with Gasteiger partial charge in [-0.05, 0) is 26.0 Å². The van der Waals surface area contributed by atoms with Crippen molar-refractivity contribution in [1.82, 2.24) is 4.57 Å². The highest BCUT2D eigenvalue weighted by atomic mass is 32.2. The molecular formula is C13H15NO4S. The molecule has 5 nitrogen and oxygen atoms in total. The SMILES string of the molecule is CC(C)n1cc(C(=O)O)c2ccc(S(C)(=O)=O)cc21. The van der Waals surface area contributed by atoms with Crippen molar-refractivity contribution >= 4 is 26.7 Å². The number of carboxylic acids is 1. The van der Waals surface area contributed by atoms with Crippen molar-refractivity contribution in [2.75, 3.05) is 6.26 Å². The summed E-state index contributed by atoms with van der Waals surface area (Å²) in [6.45, 7) is 3.83. The molecule has 0 aliphatic heterocycles. The highest BCUT2D eigenvalue weighted by Crippen LogP contribution is 2.27. The number of aromatic nitrogens is 1. The van der Waals surface area contributed by atoms with Gasteiger partial charge < -0.3 is 9.67 Å². The topological polar surface area (TPSA) is 76.4 Å². The zero-order valence-corrected chi connectivity index (χ0v) is 11.7. The van der Waals surface area contributed by atoms with Crippen LogP contribution in [0.3, 0.4) is 0 Å². The molecule has 1 N–H and O–H groups in total. The Morgan fingerprint density at radius 2 is 1.95 bits per heavy atom. The van der Waals surface area contributed by atoms with Crippen LogP contribution in [-0.4, -0.2) is 30.3 Å². The van der Waals surface area contributed by atoms with Crippen LogP contribution in [0.15, 0.2) is 29.3 Å². The maximum absolute atomic E-state index is 11.6. The van der Waals surface area contributed by atoms with E-state index in [4.69, 9.17) is 0 Å². The molecule has 1 heterocycles. The molecule has 0 aliphatic carbocycles. The van der Waals surface area contributed by atoms with Crippen LogP contribution in [0.2, 0.25) is 0 Å². The summed E-state index contributed by atoms with van der Waals surface area (Å²) in [4.78, 5) is 11.4. The zero-order chi connectivity index (χ0) is 14.4. The van der Waals surface area contributed by atoms with Crippen LogP contribution in [0.4, 0.5) is 0 Å². The highest BCUT2D eigenvalue weighted by Gasteiger charge is 2.17. The van der Waals surface area contributed by atoms with Gasteiger partial charge in [-0.2, -0.15) is 0 Å². The third-order valence-corrected chi connectivity index (χ3v) is 4.13. The van der Waals surface area contributed by atoms with E-state index >= 15 is 0 Å². The fourth-order valence-electron chi connectivity index (χ4n) is 2.06. The van der Waals surface area contributed by atoms with Gasteiger partial charge in [0.1, 0.15) is 0 Å². The molecular weight excluding hydrogens is 266 g/mol. The van der Waals surface area contributed by atoms with Gasteiger partial charge in [0.05, 0.1) is 16.0 Å². The van der Waals surface area contributed by atoms with E-state index in [0.717, 1.165) is 6.26 Å². The van der Waals surface area contributed by atoms with Crippen molar-refractivity contribution in [3.63, 3.8) is 0 Å². The lowest BCUT2D eigenvalue weighted by atomic mass is 10.2. The largest absolute Gasteiger partial charge is 0.478 e. The molecule has 0 aliphatic rings. The molecule has 0 bridgehead atoms. The summed E-state index contributed by atoms with van der Waals surface area (Å²) in [5.41, 5.74) is 0.805. The second-order valence-electron chi connectivity index (χ2n) is 4.80. The molecule has 0 radical (unpaired) electrons. The van der Waals surface area contributed by atoms with E-state index in [1.165, 1.54) is 12.1 Å². The van der Waals surface area contributed by atoms with E-state index in [9.17, 15) is 18.3 Å². The molecule has 0 spiro atoms. The lowest BCUT2D eigenvalue weighted by Crippen LogP contribution is -2.00. The number of fused-ring (bicyclic) bond motifs is 1. The number of benzene rings is 1. The average Bonchev–Trinajstić information content (AvgIpc) is 2.66. The van der Waals surface area contributed by atoms with Gasteiger partial charge in [0.2, 0.25) is 0 Å². The molecule has 6 heteroatoms. The molecule has 19 heavy (non-hydrogen) atoms. The van der Waals surface area contributed by atoms with E-state index < -0.39 is 15.8 Å². The second-order valence-corrected chi connectivity index (χ2v) is 6.82. The summed E-state index contributed by atoms with van der Waals surface area (Å²) in [7, 11) is -3.31. The normalized spacial score (nSPS) is 12.2. The van der Waals surface area contributed by atoms with E-state index in [1.807, 2.05) is 13.8 Å². The fraction of sp³-hybridized carbons (Fsp3) is 0.308. The second kappa shape index (κ2) is 4.38. The van der Waals surface area contributed by atoms with Crippen LogP contribution in [0, 0.1) is 0 Å². The number of aromatic carboxylic acids is 1. The first-order chi connectivity index (χ1) is 8.71. The van der Waals surface area contributed by atoms with Crippen molar-refractivity contribution in [2.45, 2.75) is 24.8 Å². The minimum atomic E-state index is -3.31. The summed E-state index contributed by atoms with van der Waals surface area (Å²) < 4.78 is 24.9. The van der Waals surface area contributed by atoms with E-state index in [0.29, 0.717) is 10.9 Å². The third kappa shape index (κ3) is 2.35. The van der Waals surface area contributed by atoms with Gasteiger partial charge in [-0.15, -0.1) is 0 Å². The van der Waals surface area contributed by atoms with Gasteiger partial charge in [0, 0.05) is 23.9 Å². The molecule has 2 aromatic rings. The predicted octanol–water partition coefficient (Wildman–Crippen LogP) is 2.32. The number of hydrogen-bond acceptors (Lipinski definition) is 3. The molecule has 102 valence electrons. The summed E-state index contributed by atoms with van der Waals surface area (Å²) in [6.07, 6.45) is 2.68. The predicted molar refractivity (Wildman–Crippen MR) is 72.4 cm³/mol. The van der Waals surface area contributed by atoms with Gasteiger partial charge in [0.15, 0.2) is 9.84 Å². The number of rotatable bonds is 3. The molecule has 0 fully saturated rings. The van der Waals surface area contributed by atoms with Gasteiger partial charge in [-0.3, -0.25) is 0 Å². The van der Waals surface area contributed by atoms with Gasteiger partial charge in [-0.1, -0.05) is 6.07 Å². The number of hydrogen-bond donors (Lipinski definition) is 1. The number of carbonyl (C=O) groups is 1. The van der Waals surface area contributed by atoms with Crippen LogP contribution in [0.1, 0.15) is 30.2 Å². The molecule has 1 aromatic carbocycles. The smallest absolute Gasteiger partial charge is 0.337 e. The first-order valence-electron chi connectivity index (χ1n) is 5.79. The van der Waals surface area contributed by atoms with Gasteiger partial charge in [-0.25, -0.2) is 13.2 Å². The lowest BCUT2D eigenvalue weighted by molar-refractivity contribution is 0.0698.